The quantitative estimate of drug-likeness (QED) is 0.625. The van der Waals surface area contributed by atoms with Gasteiger partial charge in [-0.15, -0.1) is 0 Å². The molecule has 0 aromatic heterocycles. The molecule has 0 saturated carbocycles. The molecule has 0 fully saturated rings. The largest absolute Gasteiger partial charge is 0.445 e. The lowest BCUT2D eigenvalue weighted by molar-refractivity contribution is -0.108. The summed E-state index contributed by atoms with van der Waals surface area (Å²) < 4.78 is 60.9. The predicted molar refractivity (Wildman–Crippen MR) is 46.4 cm³/mol. The first-order valence-electron chi connectivity index (χ1n) is 4.02. The molecule has 1 rings (SSSR count). The molecule has 0 aliphatic rings. The lowest BCUT2D eigenvalue weighted by atomic mass is 10.1. The van der Waals surface area contributed by atoms with E-state index >= 15 is 0 Å². The Morgan fingerprint density at radius 1 is 1.13 bits per heavy atom. The van der Waals surface area contributed by atoms with E-state index in [1.807, 2.05) is 0 Å². The molecule has 0 radical (unpaired) electrons. The number of allylic oxidation sites excluding steroid dienone is 1. The lowest BCUT2D eigenvalue weighted by Crippen LogP contribution is -2.09. The fourth-order valence-electron chi connectivity index (χ4n) is 1.03. The third kappa shape index (κ3) is 2.78. The van der Waals surface area contributed by atoms with E-state index in [4.69, 9.17) is 0 Å². The molecule has 0 N–H and O–H groups in total. The smallest absolute Gasteiger partial charge is 0.203 e. The number of rotatable bonds is 1. The van der Waals surface area contributed by atoms with E-state index in [1.165, 1.54) is 6.07 Å². The van der Waals surface area contributed by atoms with Crippen LogP contribution in [0.1, 0.15) is 11.1 Å². The first-order chi connectivity index (χ1) is 6.82. The van der Waals surface area contributed by atoms with Gasteiger partial charge in [0.2, 0.25) is 5.83 Å². The first-order valence-corrected chi connectivity index (χ1v) is 4.02. The molecule has 0 heterocycles. The Bertz CT molecular complexity index is 389. The molecule has 15 heavy (non-hydrogen) atoms. The number of hydrogen-bond acceptors (Lipinski definition) is 0. The van der Waals surface area contributed by atoms with Crippen LogP contribution >= 0.6 is 0 Å². The maximum Gasteiger partial charge on any atom is 0.445 e. The monoisotopic (exact) mass is 222 g/mol. The molecule has 0 amide bonds. The van der Waals surface area contributed by atoms with E-state index in [0.717, 1.165) is 12.1 Å². The van der Waals surface area contributed by atoms with Gasteiger partial charge < -0.3 is 0 Å². The number of alkyl halides is 3. The number of hydrogen-bond donors (Lipinski definition) is 0. The van der Waals surface area contributed by atoms with E-state index in [1.54, 1.807) is 13.0 Å². The SMILES string of the molecule is Cc1cccc(/C(F)=C(/F)C(F)(F)F)c1. The third-order valence-corrected chi connectivity index (χ3v) is 1.71. The summed E-state index contributed by atoms with van der Waals surface area (Å²) >= 11 is 0. The molecule has 0 aliphatic heterocycles. The second-order valence-corrected chi connectivity index (χ2v) is 3.00. The normalized spacial score (nSPS) is 13.7. The predicted octanol–water partition coefficient (Wildman–Crippen LogP) is 4.16. The van der Waals surface area contributed by atoms with Crippen LogP contribution in [0, 0.1) is 6.92 Å². The van der Waals surface area contributed by atoms with Gasteiger partial charge in [-0.2, -0.15) is 17.6 Å². The highest BCUT2D eigenvalue weighted by atomic mass is 19.4. The van der Waals surface area contributed by atoms with Gasteiger partial charge in [0.25, 0.3) is 0 Å². The molecule has 0 nitrogen and oxygen atoms in total. The van der Waals surface area contributed by atoms with Crippen LogP contribution in [0.5, 0.6) is 0 Å². The van der Waals surface area contributed by atoms with Gasteiger partial charge in [0, 0.05) is 5.56 Å². The molecule has 82 valence electrons. The van der Waals surface area contributed by atoms with Crippen LogP contribution < -0.4 is 0 Å². The van der Waals surface area contributed by atoms with Gasteiger partial charge in [-0.3, -0.25) is 0 Å². The summed E-state index contributed by atoms with van der Waals surface area (Å²) in [5.74, 6) is -4.58. The molecular weight excluding hydrogens is 215 g/mol. The molecule has 0 unspecified atom stereocenters. The summed E-state index contributed by atoms with van der Waals surface area (Å²) in [5.41, 5.74) is 0.141. The Hall–Kier alpha value is -1.39. The standard InChI is InChI=1S/C10H7F5/c1-6-3-2-4-7(5-6)8(11)9(12)10(13,14)15/h2-5H,1H3/b9-8-. The van der Waals surface area contributed by atoms with Gasteiger partial charge in [0.1, 0.15) is 0 Å². The highest BCUT2D eigenvalue weighted by Gasteiger charge is 2.38. The summed E-state index contributed by atoms with van der Waals surface area (Å²) in [6.45, 7) is 1.57. The number of halogens is 5. The molecule has 0 saturated heterocycles. The fraction of sp³-hybridized carbons (Fsp3) is 0.200. The summed E-state index contributed by atoms with van der Waals surface area (Å²) in [7, 11) is 0. The third-order valence-electron chi connectivity index (χ3n) is 1.71. The van der Waals surface area contributed by atoms with Crippen molar-refractivity contribution in [2.24, 2.45) is 0 Å². The van der Waals surface area contributed by atoms with E-state index in [-0.39, 0.29) is 0 Å². The van der Waals surface area contributed by atoms with Crippen LogP contribution in [0.3, 0.4) is 0 Å². The van der Waals surface area contributed by atoms with Crippen molar-refractivity contribution in [3.8, 4) is 0 Å². The van der Waals surface area contributed by atoms with Crippen molar-refractivity contribution in [1.82, 2.24) is 0 Å². The highest BCUT2D eigenvalue weighted by molar-refractivity contribution is 5.62. The number of benzene rings is 1. The van der Waals surface area contributed by atoms with Crippen molar-refractivity contribution in [3.05, 3.63) is 41.2 Å². The molecular formula is C10H7F5. The minimum absolute atomic E-state index is 0.412. The topological polar surface area (TPSA) is 0 Å². The van der Waals surface area contributed by atoms with Crippen molar-refractivity contribution in [2.75, 3.05) is 0 Å². The van der Waals surface area contributed by atoms with E-state index in [2.05, 4.69) is 0 Å². The Kier molecular flexibility index (Phi) is 3.12. The van der Waals surface area contributed by atoms with Crippen LogP contribution in [-0.4, -0.2) is 6.18 Å². The number of aryl methyl sites for hydroxylation is 1. The zero-order chi connectivity index (χ0) is 11.6. The van der Waals surface area contributed by atoms with Crippen LogP contribution in [0.4, 0.5) is 22.0 Å². The molecule has 0 bridgehead atoms. The van der Waals surface area contributed by atoms with E-state index < -0.39 is 23.4 Å². The minimum atomic E-state index is -5.28. The minimum Gasteiger partial charge on any atom is -0.203 e. The van der Waals surface area contributed by atoms with Crippen LogP contribution in [0.2, 0.25) is 0 Å². The zero-order valence-electron chi connectivity index (χ0n) is 7.70. The summed E-state index contributed by atoms with van der Waals surface area (Å²) in [6, 6.07) is 5.14. The Morgan fingerprint density at radius 3 is 2.20 bits per heavy atom. The summed E-state index contributed by atoms with van der Waals surface area (Å²) in [6.07, 6.45) is -5.28. The highest BCUT2D eigenvalue weighted by Crippen LogP contribution is 2.34. The molecule has 1 aromatic carbocycles. The molecule has 0 atom stereocenters. The Labute approximate surface area is 83.0 Å². The van der Waals surface area contributed by atoms with Crippen LogP contribution in [0.25, 0.3) is 5.83 Å². The van der Waals surface area contributed by atoms with Crippen molar-refractivity contribution < 1.29 is 22.0 Å². The van der Waals surface area contributed by atoms with Gasteiger partial charge in [0.05, 0.1) is 0 Å². The van der Waals surface area contributed by atoms with Gasteiger partial charge >= 0.3 is 6.18 Å². The van der Waals surface area contributed by atoms with Gasteiger partial charge in [-0.1, -0.05) is 23.8 Å². The first kappa shape index (κ1) is 11.7. The van der Waals surface area contributed by atoms with Gasteiger partial charge in [0.15, 0.2) is 5.83 Å². The van der Waals surface area contributed by atoms with Crippen molar-refractivity contribution in [3.63, 3.8) is 0 Å². The second kappa shape index (κ2) is 4.00. The fourth-order valence-corrected chi connectivity index (χ4v) is 1.03. The summed E-state index contributed by atoms with van der Waals surface area (Å²) in [4.78, 5) is 0. The maximum atomic E-state index is 13.0. The van der Waals surface area contributed by atoms with Crippen LogP contribution in [-0.2, 0) is 0 Å². The van der Waals surface area contributed by atoms with E-state index in [9.17, 15) is 22.0 Å². The zero-order valence-corrected chi connectivity index (χ0v) is 7.70. The van der Waals surface area contributed by atoms with Gasteiger partial charge in [-0.25, -0.2) is 4.39 Å². The maximum absolute atomic E-state index is 13.0. The average Bonchev–Trinajstić information content (AvgIpc) is 2.14. The van der Waals surface area contributed by atoms with Gasteiger partial charge in [-0.05, 0) is 13.0 Å². The lowest BCUT2D eigenvalue weighted by Gasteiger charge is -2.05. The molecule has 0 spiro atoms. The Morgan fingerprint density at radius 2 is 1.73 bits per heavy atom. The van der Waals surface area contributed by atoms with Crippen molar-refractivity contribution >= 4 is 5.83 Å². The van der Waals surface area contributed by atoms with E-state index in [0.29, 0.717) is 5.56 Å². The van der Waals surface area contributed by atoms with Crippen molar-refractivity contribution in [2.45, 2.75) is 13.1 Å². The molecule has 5 heteroatoms. The Balaban J connectivity index is 3.19. The second-order valence-electron chi connectivity index (χ2n) is 3.00. The summed E-state index contributed by atoms with van der Waals surface area (Å²) in [5, 5.41) is 0. The average molecular weight is 222 g/mol. The molecule has 1 aromatic rings. The molecule has 0 aliphatic carbocycles. The van der Waals surface area contributed by atoms with Crippen molar-refractivity contribution in [1.29, 1.82) is 0 Å². The van der Waals surface area contributed by atoms with Crippen LogP contribution in [0.15, 0.2) is 30.1 Å².